The maximum Gasteiger partial charge on any atom is 0.276 e. The van der Waals surface area contributed by atoms with Crippen LogP contribution in [-0.4, -0.2) is 25.0 Å². The predicted octanol–water partition coefficient (Wildman–Crippen LogP) is 3.21. The number of para-hydroxylation sites is 1. The Morgan fingerprint density at radius 3 is 2.41 bits per heavy atom. The second-order valence-corrected chi connectivity index (χ2v) is 6.11. The topological polar surface area (TPSA) is 76.7 Å². The molecule has 0 saturated carbocycles. The summed E-state index contributed by atoms with van der Waals surface area (Å²) in [6.45, 7) is 7.87. The van der Waals surface area contributed by atoms with Gasteiger partial charge in [-0.2, -0.15) is 0 Å². The van der Waals surface area contributed by atoms with Gasteiger partial charge in [0.25, 0.3) is 11.8 Å². The van der Waals surface area contributed by atoms with E-state index in [0.29, 0.717) is 23.7 Å². The highest BCUT2D eigenvalue weighted by Gasteiger charge is 2.11. The molecule has 142 valence electrons. The molecule has 2 aromatic carbocycles. The van der Waals surface area contributed by atoms with Crippen LogP contribution in [0.15, 0.2) is 61.2 Å². The van der Waals surface area contributed by atoms with E-state index in [4.69, 9.17) is 9.47 Å². The Morgan fingerprint density at radius 1 is 1.04 bits per heavy atom. The smallest absolute Gasteiger partial charge is 0.276 e. The maximum atomic E-state index is 12.1. The SMILES string of the molecule is C=CCOc1ccc(C(=O)NNC(=O)COc2ccccc2C(C)C)cc1. The molecule has 0 bridgehead atoms. The highest BCUT2D eigenvalue weighted by atomic mass is 16.5. The number of hydrogen-bond acceptors (Lipinski definition) is 4. The molecule has 0 spiro atoms. The van der Waals surface area contributed by atoms with E-state index in [9.17, 15) is 9.59 Å². The first-order valence-electron chi connectivity index (χ1n) is 8.66. The van der Waals surface area contributed by atoms with Crippen molar-refractivity contribution >= 4 is 11.8 Å². The highest BCUT2D eigenvalue weighted by Crippen LogP contribution is 2.25. The van der Waals surface area contributed by atoms with Crippen LogP contribution in [0.4, 0.5) is 0 Å². The molecule has 0 atom stereocenters. The molecular formula is C21H24N2O4. The van der Waals surface area contributed by atoms with Gasteiger partial charge in [-0.3, -0.25) is 20.4 Å². The summed E-state index contributed by atoms with van der Waals surface area (Å²) < 4.78 is 10.9. The van der Waals surface area contributed by atoms with Crippen molar-refractivity contribution in [3.8, 4) is 11.5 Å². The minimum Gasteiger partial charge on any atom is -0.490 e. The summed E-state index contributed by atoms with van der Waals surface area (Å²) in [5.41, 5.74) is 6.12. The van der Waals surface area contributed by atoms with Gasteiger partial charge in [0.15, 0.2) is 6.61 Å². The van der Waals surface area contributed by atoms with Crippen molar-refractivity contribution in [2.24, 2.45) is 0 Å². The minimum atomic E-state index is -0.451. The van der Waals surface area contributed by atoms with Crippen molar-refractivity contribution in [3.05, 3.63) is 72.3 Å². The van der Waals surface area contributed by atoms with Crippen molar-refractivity contribution in [1.82, 2.24) is 10.9 Å². The molecule has 2 N–H and O–H groups in total. The van der Waals surface area contributed by atoms with Crippen molar-refractivity contribution in [1.29, 1.82) is 0 Å². The van der Waals surface area contributed by atoms with Crippen molar-refractivity contribution in [2.45, 2.75) is 19.8 Å². The fourth-order valence-electron chi connectivity index (χ4n) is 2.32. The Hall–Kier alpha value is -3.28. The molecule has 6 heteroatoms. The van der Waals surface area contributed by atoms with E-state index in [1.807, 2.05) is 24.3 Å². The zero-order valence-electron chi connectivity index (χ0n) is 15.5. The van der Waals surface area contributed by atoms with Crippen molar-refractivity contribution < 1.29 is 19.1 Å². The molecule has 0 aromatic heterocycles. The highest BCUT2D eigenvalue weighted by molar-refractivity contribution is 5.95. The Labute approximate surface area is 159 Å². The van der Waals surface area contributed by atoms with Crippen LogP contribution < -0.4 is 20.3 Å². The molecular weight excluding hydrogens is 344 g/mol. The molecule has 0 heterocycles. The fraction of sp³-hybridized carbons (Fsp3) is 0.238. The van der Waals surface area contributed by atoms with Crippen LogP contribution in [0.1, 0.15) is 35.7 Å². The van der Waals surface area contributed by atoms with E-state index in [2.05, 4.69) is 31.3 Å². The molecule has 0 fully saturated rings. The standard InChI is InChI=1S/C21H24N2O4/c1-4-13-26-17-11-9-16(10-12-17)21(25)23-22-20(24)14-27-19-8-6-5-7-18(19)15(2)3/h4-12,15H,1,13-14H2,2-3H3,(H,22,24)(H,23,25). The number of rotatable bonds is 8. The maximum absolute atomic E-state index is 12.1. The van der Waals surface area contributed by atoms with Crippen LogP contribution in [0.3, 0.4) is 0 Å². The Morgan fingerprint density at radius 2 is 1.74 bits per heavy atom. The number of hydrogen-bond donors (Lipinski definition) is 2. The lowest BCUT2D eigenvalue weighted by atomic mass is 10.0. The molecule has 2 aromatic rings. The van der Waals surface area contributed by atoms with Crippen molar-refractivity contribution in [2.75, 3.05) is 13.2 Å². The zero-order chi connectivity index (χ0) is 19.6. The number of carbonyl (C=O) groups is 2. The van der Waals surface area contributed by atoms with Gasteiger partial charge in [0.05, 0.1) is 0 Å². The summed E-state index contributed by atoms with van der Waals surface area (Å²) in [6.07, 6.45) is 1.64. The summed E-state index contributed by atoms with van der Waals surface area (Å²) in [5, 5.41) is 0. The lowest BCUT2D eigenvalue weighted by Gasteiger charge is -2.14. The molecule has 0 unspecified atom stereocenters. The normalized spacial score (nSPS) is 10.2. The van der Waals surface area contributed by atoms with Gasteiger partial charge < -0.3 is 9.47 Å². The van der Waals surface area contributed by atoms with E-state index >= 15 is 0 Å². The predicted molar refractivity (Wildman–Crippen MR) is 104 cm³/mol. The van der Waals surface area contributed by atoms with Gasteiger partial charge in [0.2, 0.25) is 0 Å². The van der Waals surface area contributed by atoms with Gasteiger partial charge in [-0.15, -0.1) is 0 Å². The first-order chi connectivity index (χ1) is 13.0. The Bertz CT molecular complexity index is 785. The molecule has 2 amide bonds. The van der Waals surface area contributed by atoms with Crippen LogP contribution in [-0.2, 0) is 4.79 Å². The van der Waals surface area contributed by atoms with Gasteiger partial charge >= 0.3 is 0 Å². The van der Waals surface area contributed by atoms with E-state index in [1.165, 1.54) is 0 Å². The molecule has 0 saturated heterocycles. The second kappa shape index (κ2) is 10.0. The molecule has 2 rings (SSSR count). The van der Waals surface area contributed by atoms with E-state index in [0.717, 1.165) is 5.56 Å². The van der Waals surface area contributed by atoms with E-state index < -0.39 is 11.8 Å². The van der Waals surface area contributed by atoms with Gasteiger partial charge in [0.1, 0.15) is 18.1 Å². The lowest BCUT2D eigenvalue weighted by Crippen LogP contribution is -2.43. The number of amides is 2. The van der Waals surface area contributed by atoms with Crippen LogP contribution >= 0.6 is 0 Å². The van der Waals surface area contributed by atoms with Crippen LogP contribution in [0.5, 0.6) is 11.5 Å². The first kappa shape index (κ1) is 20.0. The van der Waals surface area contributed by atoms with Crippen molar-refractivity contribution in [3.63, 3.8) is 0 Å². The number of ether oxygens (including phenoxy) is 2. The Balaban J connectivity index is 1.81. The average Bonchev–Trinajstić information content (AvgIpc) is 2.69. The molecule has 0 radical (unpaired) electrons. The third-order valence-corrected chi connectivity index (χ3v) is 3.70. The monoisotopic (exact) mass is 368 g/mol. The minimum absolute atomic E-state index is 0.196. The number of carbonyl (C=O) groups excluding carboxylic acids is 2. The third-order valence-electron chi connectivity index (χ3n) is 3.70. The van der Waals surface area contributed by atoms with Crippen LogP contribution in [0, 0.1) is 0 Å². The molecule has 27 heavy (non-hydrogen) atoms. The fourth-order valence-corrected chi connectivity index (χ4v) is 2.32. The van der Waals surface area contributed by atoms with Gasteiger partial charge in [0, 0.05) is 5.56 Å². The van der Waals surface area contributed by atoms with Crippen LogP contribution in [0.25, 0.3) is 0 Å². The summed E-state index contributed by atoms with van der Waals surface area (Å²) in [6, 6.07) is 14.1. The quantitative estimate of drug-likeness (QED) is 0.554. The second-order valence-electron chi connectivity index (χ2n) is 6.11. The molecule has 6 nitrogen and oxygen atoms in total. The first-order valence-corrected chi connectivity index (χ1v) is 8.66. The van der Waals surface area contributed by atoms with Gasteiger partial charge in [-0.1, -0.05) is 44.7 Å². The number of hydrazine groups is 1. The number of benzene rings is 2. The molecule has 0 aliphatic rings. The average molecular weight is 368 g/mol. The summed E-state index contributed by atoms with van der Waals surface area (Å²) >= 11 is 0. The Kier molecular flexibility index (Phi) is 7.43. The summed E-state index contributed by atoms with van der Waals surface area (Å²) in [5.74, 6) is 0.688. The number of nitrogens with one attached hydrogen (secondary N) is 2. The largest absolute Gasteiger partial charge is 0.490 e. The summed E-state index contributed by atoms with van der Waals surface area (Å²) in [4.78, 5) is 24.0. The molecule has 0 aliphatic heterocycles. The summed E-state index contributed by atoms with van der Waals surface area (Å²) in [7, 11) is 0. The zero-order valence-corrected chi connectivity index (χ0v) is 15.5. The third kappa shape index (κ3) is 6.18. The van der Waals surface area contributed by atoms with E-state index in [1.54, 1.807) is 30.3 Å². The van der Waals surface area contributed by atoms with E-state index in [-0.39, 0.29) is 12.5 Å². The lowest BCUT2D eigenvalue weighted by molar-refractivity contribution is -0.123. The molecule has 0 aliphatic carbocycles. The van der Waals surface area contributed by atoms with Gasteiger partial charge in [-0.25, -0.2) is 0 Å². The van der Waals surface area contributed by atoms with Crippen LogP contribution in [0.2, 0.25) is 0 Å². The van der Waals surface area contributed by atoms with Gasteiger partial charge in [-0.05, 0) is 41.8 Å².